The van der Waals surface area contributed by atoms with Crippen molar-refractivity contribution in [2.45, 2.75) is 18.9 Å². The third kappa shape index (κ3) is 3.30. The van der Waals surface area contributed by atoms with Crippen molar-refractivity contribution in [3.8, 4) is 6.07 Å². The minimum absolute atomic E-state index is 0.187. The van der Waals surface area contributed by atoms with E-state index in [9.17, 15) is 10.2 Å². The largest absolute Gasteiger partial charge is 0.394 e. The van der Waals surface area contributed by atoms with Gasteiger partial charge in [0.25, 0.3) is 0 Å². The molecule has 17 heavy (non-hydrogen) atoms. The number of nitriles is 1. The zero-order chi connectivity index (χ0) is 12.9. The topological polar surface area (TPSA) is 89.2 Å². The average molecular weight is 256 g/mol. The van der Waals surface area contributed by atoms with Crippen molar-refractivity contribution in [3.63, 3.8) is 0 Å². The van der Waals surface area contributed by atoms with Crippen LogP contribution >= 0.6 is 11.6 Å². The number of pyridine rings is 1. The highest BCUT2D eigenvalue weighted by atomic mass is 35.5. The van der Waals surface area contributed by atoms with E-state index in [-0.39, 0.29) is 18.4 Å². The number of halogens is 1. The second-order valence-electron chi connectivity index (χ2n) is 3.75. The summed E-state index contributed by atoms with van der Waals surface area (Å²) in [5.41, 5.74) is -0.488. The van der Waals surface area contributed by atoms with Crippen molar-refractivity contribution in [2.75, 3.05) is 18.5 Å². The van der Waals surface area contributed by atoms with E-state index in [4.69, 9.17) is 16.9 Å². The molecule has 0 aliphatic rings. The molecule has 0 fully saturated rings. The van der Waals surface area contributed by atoms with Gasteiger partial charge in [-0.2, -0.15) is 5.26 Å². The quantitative estimate of drug-likeness (QED) is 0.687. The van der Waals surface area contributed by atoms with Crippen molar-refractivity contribution in [2.24, 2.45) is 0 Å². The Morgan fingerprint density at radius 3 is 2.59 bits per heavy atom. The van der Waals surface area contributed by atoms with Gasteiger partial charge < -0.3 is 15.5 Å². The smallest absolute Gasteiger partial charge is 0.132 e. The number of hydrogen-bond donors (Lipinski definition) is 3. The molecule has 1 rings (SSSR count). The molecule has 0 atom stereocenters. The highest BCUT2D eigenvalue weighted by Gasteiger charge is 2.26. The number of rotatable bonds is 5. The monoisotopic (exact) mass is 255 g/mol. The molecule has 0 saturated carbocycles. The lowest BCUT2D eigenvalue weighted by Crippen LogP contribution is -2.45. The van der Waals surface area contributed by atoms with Crippen molar-refractivity contribution >= 4 is 17.4 Å². The molecule has 0 bridgehead atoms. The molecular formula is C11H14ClN3O2. The van der Waals surface area contributed by atoms with Gasteiger partial charge >= 0.3 is 0 Å². The number of nitrogens with zero attached hydrogens (tertiary/aromatic N) is 2. The van der Waals surface area contributed by atoms with Crippen LogP contribution < -0.4 is 5.32 Å². The van der Waals surface area contributed by atoms with Crippen LogP contribution in [0.25, 0.3) is 0 Å². The molecule has 0 spiro atoms. The first-order valence-corrected chi connectivity index (χ1v) is 5.54. The number of aliphatic hydroxyl groups is 2. The summed E-state index contributed by atoms with van der Waals surface area (Å²) in [6.45, 7) is 1.35. The Morgan fingerprint density at radius 2 is 2.12 bits per heavy atom. The molecule has 1 aromatic heterocycles. The summed E-state index contributed by atoms with van der Waals surface area (Å²) in [5, 5.41) is 30.5. The molecule has 0 radical (unpaired) electrons. The third-order valence-electron chi connectivity index (χ3n) is 2.60. The second-order valence-corrected chi connectivity index (χ2v) is 4.14. The van der Waals surface area contributed by atoms with Crippen molar-refractivity contribution in [1.29, 1.82) is 5.26 Å². The molecule has 6 heteroatoms. The second kappa shape index (κ2) is 5.82. The van der Waals surface area contributed by atoms with Gasteiger partial charge in [-0.3, -0.25) is 0 Å². The lowest BCUT2D eigenvalue weighted by atomic mass is 9.98. The summed E-state index contributed by atoms with van der Waals surface area (Å²) < 4.78 is 0. The summed E-state index contributed by atoms with van der Waals surface area (Å²) in [6, 6.07) is 4.92. The molecule has 0 aromatic carbocycles. The summed E-state index contributed by atoms with van der Waals surface area (Å²) >= 11 is 5.76. The van der Waals surface area contributed by atoms with Crippen LogP contribution in [0, 0.1) is 11.3 Å². The zero-order valence-electron chi connectivity index (χ0n) is 9.44. The Kier molecular flexibility index (Phi) is 4.70. The standard InChI is InChI=1S/C11H14ClN3O2/c1-2-11(6-16,7-17)15-10-4-8(5-13)3-9(12)14-10/h3-4,16-17H,2,6-7H2,1H3,(H,14,15). The first-order valence-electron chi connectivity index (χ1n) is 5.16. The summed E-state index contributed by atoms with van der Waals surface area (Å²) in [4.78, 5) is 3.99. The van der Waals surface area contributed by atoms with Crippen molar-refractivity contribution in [3.05, 3.63) is 22.8 Å². The van der Waals surface area contributed by atoms with E-state index in [0.717, 1.165) is 0 Å². The van der Waals surface area contributed by atoms with Gasteiger partial charge in [-0.1, -0.05) is 18.5 Å². The van der Waals surface area contributed by atoms with Crippen LogP contribution in [0.5, 0.6) is 0 Å². The average Bonchev–Trinajstić information content (AvgIpc) is 2.35. The molecule has 3 N–H and O–H groups in total. The van der Waals surface area contributed by atoms with E-state index in [1.807, 2.05) is 13.0 Å². The van der Waals surface area contributed by atoms with Crippen molar-refractivity contribution in [1.82, 2.24) is 4.98 Å². The van der Waals surface area contributed by atoms with Crippen LogP contribution in [0.4, 0.5) is 5.82 Å². The van der Waals surface area contributed by atoms with Gasteiger partial charge in [0.15, 0.2) is 0 Å². The molecule has 0 amide bonds. The first-order chi connectivity index (χ1) is 8.09. The van der Waals surface area contributed by atoms with E-state index < -0.39 is 5.54 Å². The molecule has 0 aliphatic heterocycles. The van der Waals surface area contributed by atoms with E-state index in [2.05, 4.69) is 10.3 Å². The zero-order valence-corrected chi connectivity index (χ0v) is 10.2. The lowest BCUT2D eigenvalue weighted by molar-refractivity contribution is 0.132. The van der Waals surface area contributed by atoms with E-state index >= 15 is 0 Å². The molecule has 92 valence electrons. The van der Waals surface area contributed by atoms with Crippen LogP contribution in [0.1, 0.15) is 18.9 Å². The Labute approximate surface area is 105 Å². The van der Waals surface area contributed by atoms with Gasteiger partial charge in [0.05, 0.1) is 30.4 Å². The summed E-state index contributed by atoms with van der Waals surface area (Å²) in [5.74, 6) is 0.360. The normalized spacial score (nSPS) is 11.0. The highest BCUT2D eigenvalue weighted by molar-refractivity contribution is 6.29. The molecule has 1 heterocycles. The minimum Gasteiger partial charge on any atom is -0.394 e. The predicted molar refractivity (Wildman–Crippen MR) is 64.8 cm³/mol. The Bertz CT molecular complexity index is 419. The molecule has 0 unspecified atom stereocenters. The summed E-state index contributed by atoms with van der Waals surface area (Å²) in [6.07, 6.45) is 0.510. The van der Waals surface area contributed by atoms with Crippen LogP contribution in [0.3, 0.4) is 0 Å². The fourth-order valence-corrected chi connectivity index (χ4v) is 1.55. The highest BCUT2D eigenvalue weighted by Crippen LogP contribution is 2.20. The maximum atomic E-state index is 9.29. The maximum Gasteiger partial charge on any atom is 0.132 e. The third-order valence-corrected chi connectivity index (χ3v) is 2.79. The van der Waals surface area contributed by atoms with Crippen LogP contribution in [0.2, 0.25) is 5.15 Å². The Hall–Kier alpha value is -1.35. The van der Waals surface area contributed by atoms with Crippen LogP contribution in [-0.2, 0) is 0 Å². The van der Waals surface area contributed by atoms with Gasteiger partial charge in [-0.05, 0) is 18.6 Å². The number of nitrogens with one attached hydrogen (secondary N) is 1. The summed E-state index contributed by atoms with van der Waals surface area (Å²) in [7, 11) is 0. The van der Waals surface area contributed by atoms with Crippen LogP contribution in [0.15, 0.2) is 12.1 Å². The molecule has 5 nitrogen and oxygen atoms in total. The molecular weight excluding hydrogens is 242 g/mol. The van der Waals surface area contributed by atoms with E-state index in [0.29, 0.717) is 17.8 Å². The van der Waals surface area contributed by atoms with Gasteiger partial charge in [0.1, 0.15) is 11.0 Å². The Morgan fingerprint density at radius 1 is 1.47 bits per heavy atom. The molecule has 1 aromatic rings. The maximum absolute atomic E-state index is 9.29. The molecule has 0 aliphatic carbocycles. The van der Waals surface area contributed by atoms with Gasteiger partial charge in [-0.15, -0.1) is 0 Å². The van der Waals surface area contributed by atoms with E-state index in [1.165, 1.54) is 12.1 Å². The first kappa shape index (κ1) is 13.7. The molecule has 0 saturated heterocycles. The van der Waals surface area contributed by atoms with Gasteiger partial charge in [0.2, 0.25) is 0 Å². The SMILES string of the molecule is CCC(CO)(CO)Nc1cc(C#N)cc(Cl)n1. The number of hydrogen-bond acceptors (Lipinski definition) is 5. The predicted octanol–water partition coefficient (Wildman–Crippen LogP) is 1.15. The Balaban J connectivity index is 3.02. The van der Waals surface area contributed by atoms with Gasteiger partial charge in [0, 0.05) is 0 Å². The lowest BCUT2D eigenvalue weighted by Gasteiger charge is -2.30. The number of aromatic nitrogens is 1. The van der Waals surface area contributed by atoms with E-state index in [1.54, 1.807) is 0 Å². The fraction of sp³-hybridized carbons (Fsp3) is 0.455. The van der Waals surface area contributed by atoms with Gasteiger partial charge in [-0.25, -0.2) is 4.98 Å². The number of anilines is 1. The minimum atomic E-state index is -0.857. The van der Waals surface area contributed by atoms with Crippen LogP contribution in [-0.4, -0.2) is 33.9 Å². The fourth-order valence-electron chi connectivity index (χ4n) is 1.34. The van der Waals surface area contributed by atoms with Crippen molar-refractivity contribution < 1.29 is 10.2 Å². The number of aliphatic hydroxyl groups excluding tert-OH is 2.